The first-order chi connectivity index (χ1) is 11.4. The first-order valence-electron chi connectivity index (χ1n) is 7.25. The number of nitrogens with zero attached hydrogens (tertiary/aromatic N) is 1. The Morgan fingerprint density at radius 2 is 1.96 bits per heavy atom. The Morgan fingerprint density at radius 1 is 1.25 bits per heavy atom. The number of nitrogens with one attached hydrogen (secondary N) is 1. The van der Waals surface area contributed by atoms with E-state index < -0.39 is 10.8 Å². The highest BCUT2D eigenvalue weighted by Crippen LogP contribution is 2.17. The molecule has 1 N–H and O–H groups in total. The van der Waals surface area contributed by atoms with Gasteiger partial charge in [-0.3, -0.25) is 9.00 Å². The molecule has 0 bridgehead atoms. The van der Waals surface area contributed by atoms with Gasteiger partial charge in [0.05, 0.1) is 5.52 Å². The fraction of sp³-hybridized carbons (Fsp3) is 0.176. The number of hydrogen-bond donors (Lipinski definition) is 1. The summed E-state index contributed by atoms with van der Waals surface area (Å²) in [6, 6.07) is 12.6. The Balaban J connectivity index is 1.77. The summed E-state index contributed by atoms with van der Waals surface area (Å²) in [5.74, 6) is -0.109. The SMILES string of the molecule is CN(Cc1ccc(S(C)=O)cc1)C(=O)c1ccc2[nH]c(=S)oc2c1. The van der Waals surface area contributed by atoms with Gasteiger partial charge in [-0.2, -0.15) is 0 Å². The number of carbonyl (C=O) groups is 1. The van der Waals surface area contributed by atoms with Crippen molar-refractivity contribution in [1.82, 2.24) is 9.88 Å². The van der Waals surface area contributed by atoms with E-state index in [0.717, 1.165) is 16.0 Å². The van der Waals surface area contributed by atoms with Crippen molar-refractivity contribution in [3.8, 4) is 0 Å². The molecule has 3 aromatic rings. The number of fused-ring (bicyclic) bond motifs is 1. The van der Waals surface area contributed by atoms with Gasteiger partial charge in [0.15, 0.2) is 5.58 Å². The predicted octanol–water partition coefficient (Wildman–Crippen LogP) is 3.50. The van der Waals surface area contributed by atoms with Crippen molar-refractivity contribution in [2.75, 3.05) is 13.3 Å². The van der Waals surface area contributed by atoms with Crippen LogP contribution < -0.4 is 0 Å². The van der Waals surface area contributed by atoms with Crippen molar-refractivity contribution in [3.05, 3.63) is 58.4 Å². The van der Waals surface area contributed by atoms with Gasteiger partial charge in [0.25, 0.3) is 10.7 Å². The Bertz CT molecular complexity index is 973. The fourth-order valence-corrected chi connectivity index (χ4v) is 3.15. The van der Waals surface area contributed by atoms with Crippen molar-refractivity contribution >= 4 is 40.0 Å². The topological polar surface area (TPSA) is 66.3 Å². The number of amides is 1. The third-order valence-electron chi connectivity index (χ3n) is 3.69. The van der Waals surface area contributed by atoms with Crippen LogP contribution in [0.3, 0.4) is 0 Å². The standard InChI is InChI=1S/C17H16N2O3S2/c1-19(10-11-3-6-13(7-4-11)24(2)21)16(20)12-5-8-14-15(9-12)22-17(23)18-14/h3-9H,10H2,1-2H3,(H,18,23). The maximum Gasteiger partial charge on any atom is 0.266 e. The molecule has 5 nitrogen and oxygen atoms in total. The summed E-state index contributed by atoms with van der Waals surface area (Å²) < 4.78 is 16.8. The molecule has 0 aliphatic carbocycles. The first kappa shape index (κ1) is 16.6. The number of rotatable bonds is 4. The highest BCUT2D eigenvalue weighted by Gasteiger charge is 2.14. The number of benzene rings is 2. The number of carbonyl (C=O) groups excluding carboxylic acids is 1. The zero-order chi connectivity index (χ0) is 17.3. The predicted molar refractivity (Wildman–Crippen MR) is 96.0 cm³/mol. The van der Waals surface area contributed by atoms with Gasteiger partial charge in [-0.25, -0.2) is 0 Å². The minimum Gasteiger partial charge on any atom is -0.429 e. The van der Waals surface area contributed by atoms with Gasteiger partial charge in [0.2, 0.25) is 0 Å². The lowest BCUT2D eigenvalue weighted by molar-refractivity contribution is 0.0785. The quantitative estimate of drug-likeness (QED) is 0.723. The monoisotopic (exact) mass is 360 g/mol. The van der Waals surface area contributed by atoms with Crippen LogP contribution in [0.2, 0.25) is 0 Å². The molecule has 1 unspecified atom stereocenters. The molecule has 0 saturated heterocycles. The molecule has 24 heavy (non-hydrogen) atoms. The molecule has 0 aliphatic rings. The van der Waals surface area contributed by atoms with Gasteiger partial charge in [-0.15, -0.1) is 0 Å². The summed E-state index contributed by atoms with van der Waals surface area (Å²) in [6.07, 6.45) is 1.64. The van der Waals surface area contributed by atoms with Gasteiger partial charge in [0.1, 0.15) is 0 Å². The number of aromatic nitrogens is 1. The average molecular weight is 360 g/mol. The van der Waals surface area contributed by atoms with Crippen LogP contribution in [0.15, 0.2) is 51.8 Å². The summed E-state index contributed by atoms with van der Waals surface area (Å²) in [7, 11) is 0.739. The second kappa shape index (κ2) is 6.70. The molecule has 1 heterocycles. The van der Waals surface area contributed by atoms with E-state index >= 15 is 0 Å². The molecule has 1 atom stereocenters. The van der Waals surface area contributed by atoms with Crippen LogP contribution in [0.4, 0.5) is 0 Å². The van der Waals surface area contributed by atoms with Crippen LogP contribution in [-0.4, -0.2) is 33.3 Å². The van der Waals surface area contributed by atoms with Crippen molar-refractivity contribution in [2.24, 2.45) is 0 Å². The van der Waals surface area contributed by atoms with E-state index in [1.165, 1.54) is 0 Å². The molecule has 0 spiro atoms. The molecule has 1 aromatic heterocycles. The number of oxazole rings is 1. The number of aromatic amines is 1. The van der Waals surface area contributed by atoms with Crippen LogP contribution >= 0.6 is 12.2 Å². The Labute approximate surface area is 146 Å². The lowest BCUT2D eigenvalue weighted by Gasteiger charge is -2.17. The van der Waals surface area contributed by atoms with Crippen molar-refractivity contribution in [2.45, 2.75) is 11.4 Å². The molecule has 1 amide bonds. The Morgan fingerprint density at radius 3 is 2.62 bits per heavy atom. The van der Waals surface area contributed by atoms with Gasteiger partial charge < -0.3 is 14.3 Å². The molecule has 0 aliphatic heterocycles. The molecular weight excluding hydrogens is 344 g/mol. The molecule has 0 fully saturated rings. The first-order valence-corrected chi connectivity index (χ1v) is 9.21. The average Bonchev–Trinajstić information content (AvgIpc) is 2.93. The summed E-state index contributed by atoms with van der Waals surface area (Å²) in [5.41, 5.74) is 2.84. The van der Waals surface area contributed by atoms with E-state index in [1.807, 2.05) is 24.3 Å². The van der Waals surface area contributed by atoms with Crippen LogP contribution in [0.5, 0.6) is 0 Å². The summed E-state index contributed by atoms with van der Waals surface area (Å²) in [5, 5.41) is 0. The fourth-order valence-electron chi connectivity index (χ4n) is 2.43. The molecule has 3 rings (SSSR count). The van der Waals surface area contributed by atoms with E-state index in [2.05, 4.69) is 4.98 Å². The zero-order valence-corrected chi connectivity index (χ0v) is 14.9. The summed E-state index contributed by atoms with van der Waals surface area (Å²) in [4.78, 5) is 18.2. The van der Waals surface area contributed by atoms with Crippen molar-refractivity contribution in [1.29, 1.82) is 0 Å². The van der Waals surface area contributed by atoms with Gasteiger partial charge in [-0.05, 0) is 48.1 Å². The minimum absolute atomic E-state index is 0.109. The summed E-state index contributed by atoms with van der Waals surface area (Å²) >= 11 is 4.95. The van der Waals surface area contributed by atoms with Crippen LogP contribution in [0.1, 0.15) is 15.9 Å². The van der Waals surface area contributed by atoms with Crippen molar-refractivity contribution in [3.63, 3.8) is 0 Å². The Hall–Kier alpha value is -2.25. The van der Waals surface area contributed by atoms with Gasteiger partial charge in [-0.1, -0.05) is 12.1 Å². The number of H-pyrrole nitrogens is 1. The lowest BCUT2D eigenvalue weighted by Crippen LogP contribution is -2.26. The minimum atomic E-state index is -1.00. The third-order valence-corrected chi connectivity index (χ3v) is 4.81. The lowest BCUT2D eigenvalue weighted by atomic mass is 10.1. The van der Waals surface area contributed by atoms with E-state index in [-0.39, 0.29) is 10.7 Å². The largest absolute Gasteiger partial charge is 0.429 e. The highest BCUT2D eigenvalue weighted by molar-refractivity contribution is 7.84. The maximum atomic E-state index is 12.6. The number of hydrogen-bond acceptors (Lipinski definition) is 4. The Kier molecular flexibility index (Phi) is 4.64. The van der Waals surface area contributed by atoms with Crippen LogP contribution in [0, 0.1) is 4.84 Å². The molecule has 124 valence electrons. The maximum absolute atomic E-state index is 12.6. The van der Waals surface area contributed by atoms with E-state index in [0.29, 0.717) is 17.7 Å². The van der Waals surface area contributed by atoms with E-state index in [9.17, 15) is 9.00 Å². The second-order valence-corrected chi connectivity index (χ2v) is 7.24. The van der Waals surface area contributed by atoms with E-state index in [1.54, 1.807) is 36.4 Å². The molecule has 7 heteroatoms. The molecular formula is C17H16N2O3S2. The molecule has 0 radical (unpaired) electrons. The van der Waals surface area contributed by atoms with Crippen LogP contribution in [-0.2, 0) is 17.3 Å². The second-order valence-electron chi connectivity index (χ2n) is 5.48. The molecule has 0 saturated carbocycles. The third kappa shape index (κ3) is 3.47. The van der Waals surface area contributed by atoms with Gasteiger partial charge >= 0.3 is 0 Å². The van der Waals surface area contributed by atoms with Crippen LogP contribution in [0.25, 0.3) is 11.1 Å². The molecule has 2 aromatic carbocycles. The highest BCUT2D eigenvalue weighted by atomic mass is 32.2. The normalized spacial score (nSPS) is 12.2. The van der Waals surface area contributed by atoms with Crippen molar-refractivity contribution < 1.29 is 13.4 Å². The zero-order valence-electron chi connectivity index (χ0n) is 13.2. The van der Waals surface area contributed by atoms with E-state index in [4.69, 9.17) is 16.6 Å². The van der Waals surface area contributed by atoms with Gasteiger partial charge in [0, 0.05) is 41.1 Å². The summed E-state index contributed by atoms with van der Waals surface area (Å²) in [6.45, 7) is 0.462. The smallest absolute Gasteiger partial charge is 0.266 e.